The maximum atomic E-state index is 11.2. The number of ether oxygens (including phenoxy) is 3. The molecule has 15 heavy (non-hydrogen) atoms. The zero-order valence-corrected chi connectivity index (χ0v) is 9.37. The molecule has 1 rings (SSSR count). The molecule has 88 valence electrons. The zero-order chi connectivity index (χ0) is 10.9. The molecule has 0 aromatic heterocycles. The predicted octanol–water partition coefficient (Wildman–Crippen LogP) is 1.53. The fourth-order valence-electron chi connectivity index (χ4n) is 1.50. The molecule has 1 saturated heterocycles. The minimum atomic E-state index is -0.148. The summed E-state index contributed by atoms with van der Waals surface area (Å²) >= 11 is 0. The molecule has 1 heterocycles. The van der Waals surface area contributed by atoms with Gasteiger partial charge in [-0.3, -0.25) is 4.79 Å². The summed E-state index contributed by atoms with van der Waals surface area (Å²) in [4.78, 5) is 11.2. The highest BCUT2D eigenvalue weighted by Gasteiger charge is 2.17. The van der Waals surface area contributed by atoms with Crippen LogP contribution in [0.4, 0.5) is 0 Å². The molecule has 1 aliphatic rings. The Balaban J connectivity index is 1.93. The van der Waals surface area contributed by atoms with Crippen LogP contribution in [-0.2, 0) is 19.0 Å². The number of carbonyl (C=O) groups excluding carboxylic acids is 1. The standard InChI is InChI=1S/C11H20O4/c1-2-13-7-4-6-11(12)15-9-10-5-3-8-14-10/h10H,2-9H2,1H3. The maximum absolute atomic E-state index is 11.2. The molecular weight excluding hydrogens is 196 g/mol. The smallest absolute Gasteiger partial charge is 0.305 e. The van der Waals surface area contributed by atoms with Crippen LogP contribution in [0.2, 0.25) is 0 Å². The Kier molecular flexibility index (Phi) is 6.36. The summed E-state index contributed by atoms with van der Waals surface area (Å²) in [5, 5.41) is 0. The SMILES string of the molecule is CCOCCCC(=O)OCC1CCCO1. The molecule has 0 bridgehead atoms. The number of hydrogen-bond acceptors (Lipinski definition) is 4. The lowest BCUT2D eigenvalue weighted by Gasteiger charge is -2.09. The summed E-state index contributed by atoms with van der Waals surface area (Å²) in [5.74, 6) is -0.148. The van der Waals surface area contributed by atoms with E-state index in [0.717, 1.165) is 25.9 Å². The van der Waals surface area contributed by atoms with Gasteiger partial charge in [0.05, 0.1) is 6.10 Å². The Labute approximate surface area is 90.9 Å². The van der Waals surface area contributed by atoms with Crippen molar-refractivity contribution in [2.45, 2.75) is 38.7 Å². The average molecular weight is 216 g/mol. The average Bonchev–Trinajstić information content (AvgIpc) is 2.74. The van der Waals surface area contributed by atoms with Crippen LogP contribution >= 0.6 is 0 Å². The van der Waals surface area contributed by atoms with E-state index >= 15 is 0 Å². The topological polar surface area (TPSA) is 44.8 Å². The highest BCUT2D eigenvalue weighted by atomic mass is 16.6. The monoisotopic (exact) mass is 216 g/mol. The summed E-state index contributed by atoms with van der Waals surface area (Å²) in [6.45, 7) is 4.48. The highest BCUT2D eigenvalue weighted by molar-refractivity contribution is 5.69. The predicted molar refractivity (Wildman–Crippen MR) is 55.7 cm³/mol. The second-order valence-electron chi connectivity index (χ2n) is 3.62. The Morgan fingerprint density at radius 2 is 2.40 bits per heavy atom. The van der Waals surface area contributed by atoms with E-state index in [2.05, 4.69) is 0 Å². The van der Waals surface area contributed by atoms with Crippen LogP contribution in [0.15, 0.2) is 0 Å². The summed E-state index contributed by atoms with van der Waals surface area (Å²) in [7, 11) is 0. The van der Waals surface area contributed by atoms with Crippen molar-refractivity contribution in [2.75, 3.05) is 26.4 Å². The van der Waals surface area contributed by atoms with Crippen molar-refractivity contribution in [3.63, 3.8) is 0 Å². The van der Waals surface area contributed by atoms with Crippen LogP contribution in [0.3, 0.4) is 0 Å². The van der Waals surface area contributed by atoms with Crippen LogP contribution in [-0.4, -0.2) is 38.5 Å². The molecule has 0 N–H and O–H groups in total. The van der Waals surface area contributed by atoms with Crippen LogP contribution in [0.25, 0.3) is 0 Å². The van der Waals surface area contributed by atoms with Crippen LogP contribution in [0.1, 0.15) is 32.6 Å². The van der Waals surface area contributed by atoms with Gasteiger partial charge in [-0.2, -0.15) is 0 Å². The molecule has 0 spiro atoms. The first-order valence-corrected chi connectivity index (χ1v) is 5.68. The lowest BCUT2D eigenvalue weighted by molar-refractivity contribution is -0.147. The van der Waals surface area contributed by atoms with Gasteiger partial charge in [0.2, 0.25) is 0 Å². The molecule has 0 aromatic rings. The molecular formula is C11H20O4. The van der Waals surface area contributed by atoms with Crippen LogP contribution in [0.5, 0.6) is 0 Å². The third kappa shape index (κ3) is 5.74. The van der Waals surface area contributed by atoms with E-state index in [1.807, 2.05) is 6.92 Å². The van der Waals surface area contributed by atoms with Crippen molar-refractivity contribution in [2.24, 2.45) is 0 Å². The molecule has 0 radical (unpaired) electrons. The van der Waals surface area contributed by atoms with Crippen molar-refractivity contribution >= 4 is 5.97 Å². The van der Waals surface area contributed by atoms with Crippen molar-refractivity contribution in [1.29, 1.82) is 0 Å². The quantitative estimate of drug-likeness (QED) is 0.478. The lowest BCUT2D eigenvalue weighted by Crippen LogP contribution is -2.17. The van der Waals surface area contributed by atoms with E-state index in [-0.39, 0.29) is 12.1 Å². The van der Waals surface area contributed by atoms with Gasteiger partial charge >= 0.3 is 5.97 Å². The molecule has 4 nitrogen and oxygen atoms in total. The highest BCUT2D eigenvalue weighted by Crippen LogP contribution is 2.12. The molecule has 1 fully saturated rings. The van der Waals surface area contributed by atoms with Gasteiger partial charge in [-0.15, -0.1) is 0 Å². The molecule has 1 atom stereocenters. The van der Waals surface area contributed by atoms with E-state index in [9.17, 15) is 4.79 Å². The lowest BCUT2D eigenvalue weighted by atomic mass is 10.2. The van der Waals surface area contributed by atoms with Gasteiger partial charge in [0, 0.05) is 26.2 Å². The van der Waals surface area contributed by atoms with E-state index in [1.165, 1.54) is 0 Å². The molecule has 0 amide bonds. The summed E-state index contributed by atoms with van der Waals surface area (Å²) in [5.41, 5.74) is 0. The molecule has 4 heteroatoms. The zero-order valence-electron chi connectivity index (χ0n) is 9.37. The second kappa shape index (κ2) is 7.65. The van der Waals surface area contributed by atoms with Crippen LogP contribution in [0, 0.1) is 0 Å². The summed E-state index contributed by atoms with van der Waals surface area (Å²) < 4.78 is 15.6. The fourth-order valence-corrected chi connectivity index (χ4v) is 1.50. The van der Waals surface area contributed by atoms with Gasteiger partial charge < -0.3 is 14.2 Å². The van der Waals surface area contributed by atoms with E-state index < -0.39 is 0 Å². The van der Waals surface area contributed by atoms with Gasteiger partial charge in [0.15, 0.2) is 0 Å². The first kappa shape index (κ1) is 12.5. The van der Waals surface area contributed by atoms with Gasteiger partial charge in [-0.05, 0) is 26.2 Å². The molecule has 0 aromatic carbocycles. The second-order valence-corrected chi connectivity index (χ2v) is 3.62. The largest absolute Gasteiger partial charge is 0.463 e. The molecule has 1 unspecified atom stereocenters. The minimum absolute atomic E-state index is 0.126. The Morgan fingerprint density at radius 3 is 3.07 bits per heavy atom. The first-order valence-electron chi connectivity index (χ1n) is 5.68. The van der Waals surface area contributed by atoms with E-state index in [4.69, 9.17) is 14.2 Å². The van der Waals surface area contributed by atoms with Gasteiger partial charge in [0.1, 0.15) is 6.61 Å². The third-order valence-electron chi connectivity index (χ3n) is 2.33. The Bertz CT molecular complexity index is 175. The van der Waals surface area contributed by atoms with Crippen molar-refractivity contribution in [1.82, 2.24) is 0 Å². The van der Waals surface area contributed by atoms with E-state index in [1.54, 1.807) is 0 Å². The van der Waals surface area contributed by atoms with Crippen molar-refractivity contribution in [3.8, 4) is 0 Å². The van der Waals surface area contributed by atoms with Crippen LogP contribution < -0.4 is 0 Å². The fraction of sp³-hybridized carbons (Fsp3) is 0.909. The van der Waals surface area contributed by atoms with Crippen molar-refractivity contribution < 1.29 is 19.0 Å². The third-order valence-corrected chi connectivity index (χ3v) is 2.33. The summed E-state index contributed by atoms with van der Waals surface area (Å²) in [6, 6.07) is 0. The number of rotatable bonds is 7. The molecule has 1 aliphatic heterocycles. The first-order chi connectivity index (χ1) is 7.33. The molecule has 0 saturated carbocycles. The van der Waals surface area contributed by atoms with Gasteiger partial charge in [0.25, 0.3) is 0 Å². The number of carbonyl (C=O) groups is 1. The maximum Gasteiger partial charge on any atom is 0.305 e. The normalized spacial score (nSPS) is 20.5. The summed E-state index contributed by atoms with van der Waals surface area (Å²) in [6.07, 6.45) is 3.38. The van der Waals surface area contributed by atoms with E-state index in [0.29, 0.717) is 26.2 Å². The van der Waals surface area contributed by atoms with Crippen molar-refractivity contribution in [3.05, 3.63) is 0 Å². The number of hydrogen-bond donors (Lipinski definition) is 0. The van der Waals surface area contributed by atoms with Gasteiger partial charge in [-0.25, -0.2) is 0 Å². The minimum Gasteiger partial charge on any atom is -0.463 e. The van der Waals surface area contributed by atoms with Gasteiger partial charge in [-0.1, -0.05) is 0 Å². The Morgan fingerprint density at radius 1 is 1.53 bits per heavy atom. The molecule has 0 aliphatic carbocycles. The Hall–Kier alpha value is -0.610. The number of esters is 1.